The average Bonchev–Trinajstić information content (AvgIpc) is 2.52. The predicted octanol–water partition coefficient (Wildman–Crippen LogP) is -0.107. The Morgan fingerprint density at radius 2 is 2.67 bits per heavy atom. The average molecular weight is 187 g/mol. The van der Waals surface area contributed by atoms with Crippen molar-refractivity contribution >= 4 is 17.2 Å². The largest absolute Gasteiger partial charge is 0.378 e. The number of nitrogen functional groups attached to an aromatic ring is 1. The summed E-state index contributed by atoms with van der Waals surface area (Å²) in [5.74, 6) is 4.64. The zero-order chi connectivity index (χ0) is 8.97. The summed E-state index contributed by atoms with van der Waals surface area (Å²) in [4.78, 5) is 15.5. The lowest BCUT2D eigenvalue weighted by Crippen LogP contribution is -2.30. The van der Waals surface area contributed by atoms with E-state index in [9.17, 15) is 4.79 Å². The summed E-state index contributed by atoms with van der Waals surface area (Å²) in [5.41, 5.74) is 4.24. The number of hydrogen-bond donors (Lipinski definition) is 2. The first kappa shape index (κ1) is 9.11. The maximum absolute atomic E-state index is 11.0. The van der Waals surface area contributed by atoms with E-state index in [-0.39, 0.29) is 5.91 Å². The molecule has 0 saturated carbocycles. The summed E-state index contributed by atoms with van der Waals surface area (Å²) in [6.45, 7) is 0.326. The van der Waals surface area contributed by atoms with Gasteiger partial charge in [-0.15, -0.1) is 11.3 Å². The number of hydrazine groups is 1. The molecule has 0 aromatic carbocycles. The van der Waals surface area contributed by atoms with Crippen LogP contribution in [-0.2, 0) is 11.3 Å². The molecule has 1 rings (SSSR count). The van der Waals surface area contributed by atoms with Gasteiger partial charge in [0.05, 0.1) is 17.8 Å². The molecule has 0 aliphatic heterocycles. The molecule has 1 amide bonds. The zero-order valence-electron chi connectivity index (χ0n) is 6.53. The molecule has 0 aliphatic carbocycles. The second-order valence-corrected chi connectivity index (χ2v) is 2.89. The molecule has 0 fully saturated rings. The Hall–Kier alpha value is -0.980. The van der Waals surface area contributed by atoms with E-state index in [2.05, 4.69) is 4.98 Å². The molecule has 0 spiro atoms. The van der Waals surface area contributed by atoms with Crippen molar-refractivity contribution in [1.29, 1.82) is 0 Å². The number of nitrogens with one attached hydrogen (secondary N) is 1. The summed E-state index contributed by atoms with van der Waals surface area (Å²) >= 11 is 1.24. The lowest BCUT2D eigenvalue weighted by atomic mass is 10.3. The topological polar surface area (TPSA) is 77.2 Å². The number of methoxy groups -OCH3 is 1. The van der Waals surface area contributed by atoms with Crippen LogP contribution in [0.3, 0.4) is 0 Å². The molecule has 1 aromatic heterocycles. The molecule has 0 unspecified atom stereocenters. The van der Waals surface area contributed by atoms with Crippen molar-refractivity contribution in [3.8, 4) is 0 Å². The minimum Gasteiger partial charge on any atom is -0.378 e. The molecule has 0 radical (unpaired) electrons. The SMILES string of the molecule is COCc1ncsc1C(=O)NN. The lowest BCUT2D eigenvalue weighted by Gasteiger charge is -1.98. The Kier molecular flexibility index (Phi) is 3.15. The minimum atomic E-state index is -0.329. The number of carbonyl (C=O) groups is 1. The third kappa shape index (κ3) is 1.79. The van der Waals surface area contributed by atoms with Crippen LogP contribution in [0, 0.1) is 0 Å². The first-order valence-corrected chi connectivity index (χ1v) is 4.09. The minimum absolute atomic E-state index is 0.326. The molecule has 66 valence electrons. The van der Waals surface area contributed by atoms with Gasteiger partial charge in [0.2, 0.25) is 0 Å². The Balaban J connectivity index is 2.83. The van der Waals surface area contributed by atoms with E-state index >= 15 is 0 Å². The highest BCUT2D eigenvalue weighted by Gasteiger charge is 2.12. The van der Waals surface area contributed by atoms with Gasteiger partial charge in [-0.05, 0) is 0 Å². The van der Waals surface area contributed by atoms with E-state index in [1.54, 1.807) is 12.6 Å². The molecule has 1 aromatic rings. The van der Waals surface area contributed by atoms with Crippen LogP contribution in [0.1, 0.15) is 15.4 Å². The fraction of sp³-hybridized carbons (Fsp3) is 0.333. The van der Waals surface area contributed by atoms with Crippen molar-refractivity contribution in [2.24, 2.45) is 5.84 Å². The fourth-order valence-corrected chi connectivity index (χ4v) is 1.46. The Labute approximate surface area is 73.5 Å². The Morgan fingerprint density at radius 3 is 3.25 bits per heavy atom. The first-order chi connectivity index (χ1) is 5.79. The van der Waals surface area contributed by atoms with E-state index in [1.165, 1.54) is 11.3 Å². The number of rotatable bonds is 3. The number of thiazole rings is 1. The fourth-order valence-electron chi connectivity index (χ4n) is 0.759. The molecule has 6 heteroatoms. The van der Waals surface area contributed by atoms with Crippen molar-refractivity contribution in [3.63, 3.8) is 0 Å². The van der Waals surface area contributed by atoms with Crippen LogP contribution in [0.15, 0.2) is 5.51 Å². The zero-order valence-corrected chi connectivity index (χ0v) is 7.35. The molecule has 0 saturated heterocycles. The highest BCUT2D eigenvalue weighted by molar-refractivity contribution is 7.11. The number of nitrogens with zero attached hydrogens (tertiary/aromatic N) is 1. The van der Waals surface area contributed by atoms with Crippen molar-refractivity contribution in [2.75, 3.05) is 7.11 Å². The number of ether oxygens (including phenoxy) is 1. The van der Waals surface area contributed by atoms with Crippen LogP contribution < -0.4 is 11.3 Å². The van der Waals surface area contributed by atoms with Gasteiger partial charge in [-0.25, -0.2) is 10.8 Å². The van der Waals surface area contributed by atoms with Crippen LogP contribution >= 0.6 is 11.3 Å². The van der Waals surface area contributed by atoms with E-state index < -0.39 is 0 Å². The van der Waals surface area contributed by atoms with Gasteiger partial charge in [0, 0.05) is 7.11 Å². The van der Waals surface area contributed by atoms with Crippen molar-refractivity contribution in [1.82, 2.24) is 10.4 Å². The van der Waals surface area contributed by atoms with E-state index in [1.807, 2.05) is 5.43 Å². The highest BCUT2D eigenvalue weighted by Crippen LogP contribution is 2.13. The standard InChI is InChI=1S/C6H9N3O2S/c1-11-2-4-5(6(10)9-7)12-3-8-4/h3H,2,7H2,1H3,(H,9,10). The van der Waals surface area contributed by atoms with Gasteiger partial charge in [0.25, 0.3) is 5.91 Å². The molecular formula is C6H9N3O2S. The van der Waals surface area contributed by atoms with Crippen LogP contribution in [-0.4, -0.2) is 18.0 Å². The number of aromatic nitrogens is 1. The molecule has 1 heterocycles. The monoisotopic (exact) mass is 187 g/mol. The number of amides is 1. The third-order valence-electron chi connectivity index (χ3n) is 1.26. The smallest absolute Gasteiger partial charge is 0.277 e. The molecule has 5 nitrogen and oxygen atoms in total. The lowest BCUT2D eigenvalue weighted by molar-refractivity contribution is 0.0952. The second kappa shape index (κ2) is 4.15. The third-order valence-corrected chi connectivity index (χ3v) is 2.13. The summed E-state index contributed by atoms with van der Waals surface area (Å²) in [7, 11) is 1.55. The van der Waals surface area contributed by atoms with Gasteiger partial charge >= 0.3 is 0 Å². The predicted molar refractivity (Wildman–Crippen MR) is 44.5 cm³/mol. The van der Waals surface area contributed by atoms with Crippen LogP contribution in [0.25, 0.3) is 0 Å². The van der Waals surface area contributed by atoms with Gasteiger partial charge in [0.15, 0.2) is 0 Å². The normalized spacial score (nSPS) is 9.83. The van der Waals surface area contributed by atoms with E-state index in [0.29, 0.717) is 17.2 Å². The molecular weight excluding hydrogens is 178 g/mol. The Bertz CT molecular complexity index is 274. The highest BCUT2D eigenvalue weighted by atomic mass is 32.1. The van der Waals surface area contributed by atoms with E-state index in [0.717, 1.165) is 0 Å². The number of carbonyl (C=O) groups excluding carboxylic acids is 1. The molecule has 0 atom stereocenters. The first-order valence-electron chi connectivity index (χ1n) is 3.21. The van der Waals surface area contributed by atoms with Crippen LogP contribution in [0.4, 0.5) is 0 Å². The molecule has 3 N–H and O–H groups in total. The Morgan fingerprint density at radius 1 is 1.92 bits per heavy atom. The van der Waals surface area contributed by atoms with Gasteiger partial charge in [-0.2, -0.15) is 0 Å². The number of hydrogen-bond acceptors (Lipinski definition) is 5. The molecule has 12 heavy (non-hydrogen) atoms. The van der Waals surface area contributed by atoms with E-state index in [4.69, 9.17) is 10.6 Å². The van der Waals surface area contributed by atoms with Crippen molar-refractivity contribution < 1.29 is 9.53 Å². The molecule has 0 aliphatic rings. The van der Waals surface area contributed by atoms with Crippen LogP contribution in [0.2, 0.25) is 0 Å². The summed E-state index contributed by atoms with van der Waals surface area (Å²) in [5, 5.41) is 0. The summed E-state index contributed by atoms with van der Waals surface area (Å²) in [6, 6.07) is 0. The van der Waals surface area contributed by atoms with Gasteiger partial charge in [-0.3, -0.25) is 10.2 Å². The van der Waals surface area contributed by atoms with Gasteiger partial charge < -0.3 is 4.74 Å². The van der Waals surface area contributed by atoms with Crippen molar-refractivity contribution in [2.45, 2.75) is 6.61 Å². The maximum atomic E-state index is 11.0. The molecule has 0 bridgehead atoms. The van der Waals surface area contributed by atoms with Gasteiger partial charge in [-0.1, -0.05) is 0 Å². The summed E-state index contributed by atoms with van der Waals surface area (Å²) in [6.07, 6.45) is 0. The van der Waals surface area contributed by atoms with Crippen molar-refractivity contribution in [3.05, 3.63) is 16.1 Å². The number of nitrogens with two attached hydrogens (primary N) is 1. The maximum Gasteiger partial charge on any atom is 0.277 e. The summed E-state index contributed by atoms with van der Waals surface area (Å²) < 4.78 is 4.84. The quantitative estimate of drug-likeness (QED) is 0.393. The van der Waals surface area contributed by atoms with Crippen LogP contribution in [0.5, 0.6) is 0 Å². The van der Waals surface area contributed by atoms with Gasteiger partial charge in [0.1, 0.15) is 4.88 Å². The second-order valence-electron chi connectivity index (χ2n) is 2.03.